The number of nitrogens with zero attached hydrogens (tertiary/aromatic N) is 2. The van der Waals surface area contributed by atoms with Crippen LogP contribution < -0.4 is 9.47 Å². The van der Waals surface area contributed by atoms with Crippen molar-refractivity contribution in [3.8, 4) is 11.5 Å². The number of pyridine rings is 1. The maximum Gasteiger partial charge on any atom is 0.325 e. The van der Waals surface area contributed by atoms with E-state index in [0.29, 0.717) is 53.0 Å². The number of halogens is 2. The molecule has 3 fully saturated rings. The second-order valence-electron chi connectivity index (χ2n) is 9.22. The van der Waals surface area contributed by atoms with Crippen LogP contribution in [0.3, 0.4) is 0 Å². The lowest BCUT2D eigenvalue weighted by Crippen LogP contribution is -2.64. The van der Waals surface area contributed by atoms with Crippen LogP contribution in [0.2, 0.25) is 5.02 Å². The lowest BCUT2D eigenvalue weighted by atomic mass is 9.70. The van der Waals surface area contributed by atoms with E-state index in [-0.39, 0.29) is 5.92 Å². The zero-order chi connectivity index (χ0) is 23.9. The molecule has 0 spiro atoms. The van der Waals surface area contributed by atoms with Gasteiger partial charge in [-0.2, -0.15) is 0 Å². The van der Waals surface area contributed by atoms with Crippen LogP contribution in [0.4, 0.5) is 4.48 Å². The van der Waals surface area contributed by atoms with E-state index >= 15 is 4.48 Å². The molecule has 34 heavy (non-hydrogen) atoms. The summed E-state index contributed by atoms with van der Waals surface area (Å²) in [6.07, 6.45) is 4.90. The Balaban J connectivity index is 1.61. The highest BCUT2D eigenvalue weighted by Crippen LogP contribution is 2.48. The number of hydrogen-bond donors (Lipinski definition) is 0. The number of carbonyl (C=O) groups is 1. The molecule has 6 rings (SSSR count). The third-order valence-electron chi connectivity index (χ3n) is 7.42. The summed E-state index contributed by atoms with van der Waals surface area (Å²) in [7, 11) is 1.59. The molecule has 1 aromatic heterocycles. The van der Waals surface area contributed by atoms with Gasteiger partial charge in [0.05, 0.1) is 12.6 Å². The average molecular weight is 482 g/mol. The number of hydrogen-bond acceptors (Lipinski definition) is 4. The molecule has 4 heterocycles. The van der Waals surface area contributed by atoms with Crippen LogP contribution in [-0.4, -0.2) is 41.9 Å². The van der Waals surface area contributed by atoms with Crippen molar-refractivity contribution in [2.24, 2.45) is 11.8 Å². The van der Waals surface area contributed by atoms with Crippen molar-refractivity contribution in [1.29, 1.82) is 0 Å². The number of fused-ring (bicyclic) bond motifs is 4. The second kappa shape index (κ2) is 9.01. The molecular formula is C27H27ClFN2O3+. The minimum Gasteiger partial charge on any atom is -0.497 e. The van der Waals surface area contributed by atoms with Crippen molar-refractivity contribution in [1.82, 2.24) is 4.98 Å². The Morgan fingerprint density at radius 3 is 2.71 bits per heavy atom. The quantitative estimate of drug-likeness (QED) is 0.191. The lowest BCUT2D eigenvalue weighted by Gasteiger charge is -2.50. The molecule has 3 saturated heterocycles. The molecule has 0 radical (unpaired) electrons. The number of rotatable bonds is 6. The van der Waals surface area contributed by atoms with Crippen molar-refractivity contribution >= 4 is 28.5 Å². The van der Waals surface area contributed by atoms with Gasteiger partial charge in [-0.1, -0.05) is 17.7 Å². The van der Waals surface area contributed by atoms with E-state index in [1.165, 1.54) is 0 Å². The van der Waals surface area contributed by atoms with E-state index in [1.54, 1.807) is 43.6 Å². The molecule has 3 aromatic rings. The highest BCUT2D eigenvalue weighted by Gasteiger charge is 2.58. The second-order valence-corrected chi connectivity index (χ2v) is 9.66. The van der Waals surface area contributed by atoms with E-state index in [0.717, 1.165) is 11.8 Å². The number of benzene rings is 2. The molecule has 3 aliphatic rings. The van der Waals surface area contributed by atoms with Crippen molar-refractivity contribution in [2.75, 3.05) is 20.2 Å². The molecule has 3 aliphatic heterocycles. The summed E-state index contributed by atoms with van der Waals surface area (Å²) < 4.78 is 27.1. The first-order chi connectivity index (χ1) is 16.4. The summed E-state index contributed by atoms with van der Waals surface area (Å²) in [5.41, 5.74) is 1.42. The Morgan fingerprint density at radius 2 is 2.00 bits per heavy atom. The Hall–Kier alpha value is -2.96. The fourth-order valence-electron chi connectivity index (χ4n) is 5.67. The van der Waals surface area contributed by atoms with Gasteiger partial charge < -0.3 is 9.47 Å². The van der Waals surface area contributed by atoms with Crippen molar-refractivity contribution < 1.29 is 23.5 Å². The molecule has 0 N–H and O–H groups in total. The van der Waals surface area contributed by atoms with E-state index in [9.17, 15) is 4.79 Å². The number of esters is 1. The molecule has 0 aliphatic carbocycles. The molecule has 2 aromatic carbocycles. The Labute approximate surface area is 203 Å². The molecule has 176 valence electrons. The smallest absolute Gasteiger partial charge is 0.325 e. The third-order valence-corrected chi connectivity index (χ3v) is 7.67. The van der Waals surface area contributed by atoms with Crippen LogP contribution in [0, 0.1) is 11.8 Å². The highest BCUT2D eigenvalue weighted by molar-refractivity contribution is 6.30. The minimum atomic E-state index is -0.813. The van der Waals surface area contributed by atoms with Crippen molar-refractivity contribution in [2.45, 2.75) is 24.8 Å². The molecule has 7 heteroatoms. The van der Waals surface area contributed by atoms with Gasteiger partial charge in [-0.15, -0.1) is 11.3 Å². The van der Waals surface area contributed by atoms with Gasteiger partial charge in [-0.3, -0.25) is 9.78 Å². The summed E-state index contributed by atoms with van der Waals surface area (Å²) in [6.45, 7) is 4.63. The van der Waals surface area contributed by atoms with Gasteiger partial charge in [0.2, 0.25) is 0 Å². The SMILES string of the molecule is C=C[C@@H]1C[N+]2(F)CC[C@H]1C[C@@H]2[C@H](C(=O)Oc1ccc(Cl)cc1)c1ccnc2ccc(OC)cc12. The molecule has 5 atom stereocenters. The Kier molecular flexibility index (Phi) is 6.04. The zero-order valence-corrected chi connectivity index (χ0v) is 19.7. The molecule has 0 saturated carbocycles. The monoisotopic (exact) mass is 481 g/mol. The largest absolute Gasteiger partial charge is 0.497 e. The molecule has 2 bridgehead atoms. The van der Waals surface area contributed by atoms with Crippen LogP contribution in [-0.2, 0) is 4.79 Å². The number of carbonyl (C=O) groups excluding carboxylic acids is 1. The summed E-state index contributed by atoms with van der Waals surface area (Å²) in [4.78, 5) is 18.2. The van der Waals surface area contributed by atoms with Crippen LogP contribution >= 0.6 is 11.6 Å². The molecule has 5 nitrogen and oxygen atoms in total. The van der Waals surface area contributed by atoms with E-state index < -0.39 is 22.6 Å². The van der Waals surface area contributed by atoms with Gasteiger partial charge in [-0.05, 0) is 64.5 Å². The maximum atomic E-state index is 16.5. The topological polar surface area (TPSA) is 48.4 Å². The van der Waals surface area contributed by atoms with E-state index in [2.05, 4.69) is 11.6 Å². The molecular weight excluding hydrogens is 455 g/mol. The lowest BCUT2D eigenvalue weighted by molar-refractivity contribution is -1.09. The Bertz CT molecular complexity index is 1230. The van der Waals surface area contributed by atoms with Crippen LogP contribution in [0.5, 0.6) is 11.5 Å². The number of quaternary nitrogens is 1. The molecule has 1 unspecified atom stereocenters. The summed E-state index contributed by atoms with van der Waals surface area (Å²) in [5.74, 6) is 0.130. The van der Waals surface area contributed by atoms with Gasteiger partial charge in [0.1, 0.15) is 36.5 Å². The number of ether oxygens (including phenoxy) is 2. The average Bonchev–Trinajstić information content (AvgIpc) is 2.85. The van der Waals surface area contributed by atoms with Gasteiger partial charge in [-0.25, -0.2) is 0 Å². The fourth-order valence-corrected chi connectivity index (χ4v) is 5.79. The number of methoxy groups -OCH3 is 1. The zero-order valence-electron chi connectivity index (χ0n) is 19.0. The van der Waals surface area contributed by atoms with Crippen molar-refractivity contribution in [3.05, 3.63) is 78.0 Å². The normalized spacial score (nSPS) is 26.7. The summed E-state index contributed by atoms with van der Waals surface area (Å²) in [6, 6.07) is 13.4. The first kappa shape index (κ1) is 22.8. The van der Waals surface area contributed by atoms with Crippen LogP contribution in [0.15, 0.2) is 67.4 Å². The number of piperidine rings is 3. The first-order valence-electron chi connectivity index (χ1n) is 11.5. The highest BCUT2D eigenvalue weighted by atomic mass is 35.5. The molecule has 0 amide bonds. The fraction of sp³-hybridized carbons (Fsp3) is 0.333. The van der Waals surface area contributed by atoms with Gasteiger partial charge in [0.15, 0.2) is 0 Å². The maximum absolute atomic E-state index is 16.5. The van der Waals surface area contributed by atoms with Crippen LogP contribution in [0.1, 0.15) is 24.3 Å². The summed E-state index contributed by atoms with van der Waals surface area (Å²) >= 11 is 5.99. The first-order valence-corrected chi connectivity index (χ1v) is 11.9. The van der Waals surface area contributed by atoms with E-state index in [4.69, 9.17) is 21.1 Å². The third kappa shape index (κ3) is 4.05. The van der Waals surface area contributed by atoms with Gasteiger partial charge >= 0.3 is 5.97 Å². The minimum absolute atomic E-state index is 0.109. The predicted molar refractivity (Wildman–Crippen MR) is 129 cm³/mol. The van der Waals surface area contributed by atoms with Gasteiger partial charge in [0, 0.05) is 35.4 Å². The summed E-state index contributed by atoms with van der Waals surface area (Å²) in [5, 5.41) is 1.30. The number of aromatic nitrogens is 1. The van der Waals surface area contributed by atoms with Crippen LogP contribution in [0.25, 0.3) is 10.9 Å². The van der Waals surface area contributed by atoms with Crippen molar-refractivity contribution in [3.63, 3.8) is 0 Å². The standard InChI is InChI=1S/C27H27ClFN2O3/c1-3-17-16-31(29)13-11-18(17)14-25(31)26(27(32)34-20-6-4-19(28)5-7-20)22-10-12-30-24-9-8-21(33-2)15-23(22)24/h3-10,12,15,17-18,25-26H,1,11,13-14,16H2,2H3/q+1/t17-,18+,25-,26-,31?/m1/s1. The van der Waals surface area contributed by atoms with E-state index in [1.807, 2.05) is 24.3 Å². The Morgan fingerprint density at radius 1 is 1.24 bits per heavy atom. The van der Waals surface area contributed by atoms with Gasteiger partial charge in [0.25, 0.3) is 0 Å². The predicted octanol–water partition coefficient (Wildman–Crippen LogP) is 5.88.